The highest BCUT2D eigenvalue weighted by molar-refractivity contribution is 7.22. The lowest BCUT2D eigenvalue weighted by Crippen LogP contribution is -2.04. The molecule has 1 aromatic heterocycles. The molecule has 0 atom stereocenters. The fourth-order valence-electron chi connectivity index (χ4n) is 1.47. The minimum atomic E-state index is -0.795. The van der Waals surface area contributed by atoms with Gasteiger partial charge in [0.2, 0.25) is 0 Å². The second-order valence-corrected chi connectivity index (χ2v) is 5.52. The molecule has 0 saturated heterocycles. The first-order valence-electron chi connectivity index (χ1n) is 5.27. The van der Waals surface area contributed by atoms with E-state index in [9.17, 15) is 4.79 Å². The number of fused-ring (bicyclic) bond motifs is 1. The van der Waals surface area contributed by atoms with Crippen molar-refractivity contribution in [2.75, 3.05) is 11.9 Å². The van der Waals surface area contributed by atoms with Crippen LogP contribution in [0.4, 0.5) is 5.13 Å². The summed E-state index contributed by atoms with van der Waals surface area (Å²) in [4.78, 5) is 14.7. The van der Waals surface area contributed by atoms with Gasteiger partial charge in [0.25, 0.3) is 0 Å². The zero-order chi connectivity index (χ0) is 13.1. The van der Waals surface area contributed by atoms with E-state index in [-0.39, 0.29) is 6.42 Å². The minimum absolute atomic E-state index is 0.143. The number of rotatable bonds is 5. The molecule has 0 unspecified atom stereocenters. The Morgan fingerprint density at radius 3 is 2.94 bits per heavy atom. The summed E-state index contributed by atoms with van der Waals surface area (Å²) in [6.45, 7) is 0.567. The van der Waals surface area contributed by atoms with Gasteiger partial charge >= 0.3 is 5.97 Å². The van der Waals surface area contributed by atoms with Gasteiger partial charge in [-0.25, -0.2) is 4.98 Å². The van der Waals surface area contributed by atoms with Crippen LogP contribution in [0.15, 0.2) is 12.1 Å². The Bertz CT molecular complexity index is 586. The Morgan fingerprint density at radius 1 is 1.44 bits per heavy atom. The molecule has 4 nitrogen and oxygen atoms in total. The number of aromatic nitrogens is 1. The van der Waals surface area contributed by atoms with E-state index < -0.39 is 5.97 Å². The van der Waals surface area contributed by atoms with Crippen molar-refractivity contribution in [3.05, 3.63) is 22.2 Å². The summed E-state index contributed by atoms with van der Waals surface area (Å²) >= 11 is 13.4. The van der Waals surface area contributed by atoms with E-state index in [1.54, 1.807) is 12.1 Å². The van der Waals surface area contributed by atoms with Crippen LogP contribution in [-0.2, 0) is 4.79 Å². The summed E-state index contributed by atoms with van der Waals surface area (Å²) in [7, 11) is 0. The fraction of sp³-hybridized carbons (Fsp3) is 0.273. The van der Waals surface area contributed by atoms with Crippen LogP contribution >= 0.6 is 34.5 Å². The van der Waals surface area contributed by atoms with Gasteiger partial charge in [-0.1, -0.05) is 34.5 Å². The predicted octanol–water partition coefficient (Wildman–Crippen LogP) is 3.88. The van der Waals surface area contributed by atoms with Crippen molar-refractivity contribution >= 4 is 55.9 Å². The van der Waals surface area contributed by atoms with E-state index in [2.05, 4.69) is 10.3 Å². The highest BCUT2D eigenvalue weighted by Gasteiger charge is 2.08. The third-order valence-corrected chi connectivity index (χ3v) is 3.94. The zero-order valence-corrected chi connectivity index (χ0v) is 11.6. The van der Waals surface area contributed by atoms with Crippen molar-refractivity contribution in [2.24, 2.45) is 0 Å². The Morgan fingerprint density at radius 2 is 2.22 bits per heavy atom. The molecular formula is C11H10Cl2N2O2S. The average Bonchev–Trinajstić information content (AvgIpc) is 2.67. The molecule has 96 valence electrons. The molecule has 0 bridgehead atoms. The molecule has 18 heavy (non-hydrogen) atoms. The molecule has 0 fully saturated rings. The van der Waals surface area contributed by atoms with Gasteiger partial charge < -0.3 is 10.4 Å². The van der Waals surface area contributed by atoms with Crippen molar-refractivity contribution in [1.29, 1.82) is 0 Å². The van der Waals surface area contributed by atoms with Crippen LogP contribution in [-0.4, -0.2) is 22.6 Å². The number of hydrogen-bond donors (Lipinski definition) is 2. The first-order chi connectivity index (χ1) is 8.56. The van der Waals surface area contributed by atoms with E-state index in [1.165, 1.54) is 11.3 Å². The summed E-state index contributed by atoms with van der Waals surface area (Å²) in [6, 6.07) is 3.43. The van der Waals surface area contributed by atoms with Crippen LogP contribution < -0.4 is 5.32 Å². The molecule has 2 N–H and O–H groups in total. The lowest BCUT2D eigenvalue weighted by molar-refractivity contribution is -0.137. The maximum absolute atomic E-state index is 10.4. The van der Waals surface area contributed by atoms with Gasteiger partial charge in [-0.2, -0.15) is 0 Å². The molecular weight excluding hydrogens is 295 g/mol. The second kappa shape index (κ2) is 5.73. The summed E-state index contributed by atoms with van der Waals surface area (Å²) in [6.07, 6.45) is 0.699. The van der Waals surface area contributed by atoms with Crippen molar-refractivity contribution in [1.82, 2.24) is 4.98 Å². The molecule has 0 amide bonds. The van der Waals surface area contributed by atoms with Crippen LogP contribution in [0.5, 0.6) is 0 Å². The number of halogens is 2. The highest BCUT2D eigenvalue weighted by atomic mass is 35.5. The lowest BCUT2D eigenvalue weighted by Gasteiger charge is -1.99. The number of carbonyl (C=O) groups is 1. The number of thiazole rings is 1. The summed E-state index contributed by atoms with van der Waals surface area (Å²) in [5.74, 6) is -0.795. The standard InChI is InChI=1S/C11H10Cl2N2O2S/c12-6-4-7(13)10-8(5-6)15-11(18-10)14-3-1-2-9(16)17/h4-5H,1-3H2,(H,14,15)(H,16,17). The van der Waals surface area contributed by atoms with E-state index in [0.717, 1.165) is 15.3 Å². The Kier molecular flexibility index (Phi) is 4.27. The Labute approximate surface area is 118 Å². The molecule has 0 aliphatic rings. The monoisotopic (exact) mass is 304 g/mol. The molecule has 1 heterocycles. The van der Waals surface area contributed by atoms with Crippen molar-refractivity contribution in [3.8, 4) is 0 Å². The number of nitrogens with one attached hydrogen (secondary N) is 1. The molecule has 0 saturated carbocycles. The van der Waals surface area contributed by atoms with Crippen molar-refractivity contribution in [2.45, 2.75) is 12.8 Å². The van der Waals surface area contributed by atoms with Crippen LogP contribution in [0.25, 0.3) is 10.2 Å². The lowest BCUT2D eigenvalue weighted by atomic mass is 10.3. The maximum Gasteiger partial charge on any atom is 0.303 e. The minimum Gasteiger partial charge on any atom is -0.481 e. The molecule has 7 heteroatoms. The summed E-state index contributed by atoms with van der Waals surface area (Å²) in [5, 5.41) is 13.4. The molecule has 0 aliphatic carbocycles. The van der Waals surface area contributed by atoms with Crippen LogP contribution in [0.1, 0.15) is 12.8 Å². The third kappa shape index (κ3) is 3.25. The largest absolute Gasteiger partial charge is 0.481 e. The zero-order valence-electron chi connectivity index (χ0n) is 9.24. The SMILES string of the molecule is O=C(O)CCCNc1nc2cc(Cl)cc(Cl)c2s1. The molecule has 2 aromatic rings. The van der Waals surface area contributed by atoms with Crippen molar-refractivity contribution < 1.29 is 9.90 Å². The number of hydrogen-bond acceptors (Lipinski definition) is 4. The van der Waals surface area contributed by atoms with Gasteiger partial charge in [-0.15, -0.1) is 0 Å². The number of benzene rings is 1. The fourth-order valence-corrected chi connectivity index (χ4v) is 2.95. The molecule has 0 radical (unpaired) electrons. The van der Waals surface area contributed by atoms with E-state index >= 15 is 0 Å². The van der Waals surface area contributed by atoms with Gasteiger partial charge in [0, 0.05) is 18.0 Å². The van der Waals surface area contributed by atoms with Gasteiger partial charge in [-0.05, 0) is 18.6 Å². The number of carboxylic acids is 1. The average molecular weight is 305 g/mol. The molecule has 0 aliphatic heterocycles. The Balaban J connectivity index is 2.06. The van der Waals surface area contributed by atoms with Gasteiger partial charge in [0.05, 0.1) is 15.2 Å². The molecule has 0 spiro atoms. The Hall–Kier alpha value is -1.04. The number of aliphatic carboxylic acids is 1. The van der Waals surface area contributed by atoms with Gasteiger partial charge in [0.1, 0.15) is 0 Å². The van der Waals surface area contributed by atoms with E-state index in [1.807, 2.05) is 0 Å². The first kappa shape index (κ1) is 13.4. The predicted molar refractivity (Wildman–Crippen MR) is 75.0 cm³/mol. The highest BCUT2D eigenvalue weighted by Crippen LogP contribution is 2.34. The third-order valence-electron chi connectivity index (χ3n) is 2.25. The van der Waals surface area contributed by atoms with Crippen LogP contribution in [0.3, 0.4) is 0 Å². The number of carboxylic acid groups (broad SMARTS) is 1. The molecule has 1 aromatic carbocycles. The quantitative estimate of drug-likeness (QED) is 0.823. The first-order valence-corrected chi connectivity index (χ1v) is 6.85. The van der Waals surface area contributed by atoms with E-state index in [0.29, 0.717) is 23.0 Å². The van der Waals surface area contributed by atoms with Crippen LogP contribution in [0.2, 0.25) is 10.0 Å². The summed E-state index contributed by atoms with van der Waals surface area (Å²) < 4.78 is 0.877. The maximum atomic E-state index is 10.4. The molecule has 2 rings (SSSR count). The normalized spacial score (nSPS) is 10.8. The smallest absolute Gasteiger partial charge is 0.303 e. The van der Waals surface area contributed by atoms with E-state index in [4.69, 9.17) is 28.3 Å². The topological polar surface area (TPSA) is 62.2 Å². The summed E-state index contributed by atoms with van der Waals surface area (Å²) in [5.41, 5.74) is 0.748. The number of nitrogens with zero attached hydrogens (tertiary/aromatic N) is 1. The van der Waals surface area contributed by atoms with Gasteiger partial charge in [-0.3, -0.25) is 4.79 Å². The van der Waals surface area contributed by atoms with Gasteiger partial charge in [0.15, 0.2) is 5.13 Å². The second-order valence-electron chi connectivity index (χ2n) is 3.68. The van der Waals surface area contributed by atoms with Crippen LogP contribution in [0, 0.1) is 0 Å². The van der Waals surface area contributed by atoms with Crippen molar-refractivity contribution in [3.63, 3.8) is 0 Å². The number of anilines is 1.